The maximum Gasteiger partial charge on any atom is 0.500 e. The van der Waals surface area contributed by atoms with Crippen molar-refractivity contribution < 1.29 is 23.2 Å². The standard InChI is InChI=1S/C12H23O5Si/c1-4-15-18(16-5-2,17-6-3)11-9-7-8-10-12(13)14/h8,10H,4-7,9,11H2,1-3H3. The number of rotatable bonds is 11. The van der Waals surface area contributed by atoms with Crippen molar-refractivity contribution in [2.24, 2.45) is 0 Å². The van der Waals surface area contributed by atoms with Crippen LogP contribution < -0.4 is 0 Å². The van der Waals surface area contributed by atoms with Crippen LogP contribution >= 0.6 is 0 Å². The van der Waals surface area contributed by atoms with Crippen LogP contribution in [0.15, 0.2) is 12.2 Å². The van der Waals surface area contributed by atoms with Crippen molar-refractivity contribution in [2.75, 3.05) is 19.8 Å². The average molecular weight is 275 g/mol. The molecule has 0 unspecified atom stereocenters. The van der Waals surface area contributed by atoms with E-state index in [-0.39, 0.29) is 0 Å². The first-order valence-electron chi connectivity index (χ1n) is 6.39. The Bertz CT molecular complexity index is 238. The zero-order valence-corrected chi connectivity index (χ0v) is 12.4. The van der Waals surface area contributed by atoms with Gasteiger partial charge in [0, 0.05) is 31.9 Å². The third kappa shape index (κ3) is 7.60. The van der Waals surface area contributed by atoms with E-state index in [0.29, 0.717) is 32.3 Å². The van der Waals surface area contributed by atoms with Crippen molar-refractivity contribution in [2.45, 2.75) is 39.7 Å². The monoisotopic (exact) mass is 275 g/mol. The Labute approximate surface area is 110 Å². The van der Waals surface area contributed by atoms with Crippen molar-refractivity contribution in [1.29, 1.82) is 0 Å². The molecule has 0 saturated heterocycles. The van der Waals surface area contributed by atoms with Crippen LogP contribution in [0.4, 0.5) is 0 Å². The largest absolute Gasteiger partial charge is 0.500 e. The fourth-order valence-corrected chi connectivity index (χ4v) is 4.26. The van der Waals surface area contributed by atoms with E-state index in [4.69, 9.17) is 13.3 Å². The molecule has 0 atom stereocenters. The second kappa shape index (κ2) is 10.2. The van der Waals surface area contributed by atoms with Gasteiger partial charge in [-0.25, -0.2) is 9.90 Å². The smallest absolute Gasteiger partial charge is 0.374 e. The molecular formula is C12H23O5Si. The first-order valence-corrected chi connectivity index (χ1v) is 8.32. The molecule has 6 heteroatoms. The summed E-state index contributed by atoms with van der Waals surface area (Å²) in [6.07, 6.45) is 4.05. The molecule has 0 saturated carbocycles. The van der Waals surface area contributed by atoms with E-state index >= 15 is 0 Å². The lowest BCUT2D eigenvalue weighted by Gasteiger charge is -2.28. The maximum absolute atomic E-state index is 10.2. The van der Waals surface area contributed by atoms with Gasteiger partial charge in [0.1, 0.15) is 0 Å². The number of hydrogen-bond donors (Lipinski definition) is 0. The van der Waals surface area contributed by atoms with Gasteiger partial charge < -0.3 is 13.3 Å². The fourth-order valence-electron chi connectivity index (χ4n) is 1.62. The summed E-state index contributed by atoms with van der Waals surface area (Å²) in [6, 6.07) is 0.694. The summed E-state index contributed by atoms with van der Waals surface area (Å²) < 4.78 is 17.0. The lowest BCUT2D eigenvalue weighted by Crippen LogP contribution is -2.45. The normalized spacial score (nSPS) is 12.2. The van der Waals surface area contributed by atoms with Gasteiger partial charge in [0.2, 0.25) is 0 Å². The second-order valence-electron chi connectivity index (χ2n) is 3.60. The summed E-state index contributed by atoms with van der Waals surface area (Å²) in [5.74, 6) is -1.17. The highest BCUT2D eigenvalue weighted by Crippen LogP contribution is 2.19. The van der Waals surface area contributed by atoms with E-state index in [1.165, 1.54) is 0 Å². The number of unbranched alkanes of at least 4 members (excludes halogenated alkanes) is 1. The Morgan fingerprint density at radius 3 is 1.94 bits per heavy atom. The van der Waals surface area contributed by atoms with Crippen molar-refractivity contribution in [1.82, 2.24) is 0 Å². The molecule has 0 spiro atoms. The molecule has 0 aromatic heterocycles. The quantitative estimate of drug-likeness (QED) is 0.330. The number of carbonyl (C=O) groups is 1. The highest BCUT2D eigenvalue weighted by atomic mass is 28.4. The average Bonchev–Trinajstić information content (AvgIpc) is 2.29. The first kappa shape index (κ1) is 17.3. The van der Waals surface area contributed by atoms with Crippen LogP contribution in [-0.4, -0.2) is 34.6 Å². The van der Waals surface area contributed by atoms with E-state index in [0.717, 1.165) is 12.5 Å². The molecule has 5 nitrogen and oxygen atoms in total. The number of allylic oxidation sites excluding steroid dienone is 1. The summed E-state index contributed by atoms with van der Waals surface area (Å²) in [6.45, 7) is 7.41. The minimum Gasteiger partial charge on any atom is -0.374 e. The van der Waals surface area contributed by atoms with Crippen LogP contribution in [0, 0.1) is 0 Å². The molecule has 0 aliphatic carbocycles. The van der Waals surface area contributed by atoms with Gasteiger partial charge in [0.05, 0.1) is 0 Å². The van der Waals surface area contributed by atoms with Gasteiger partial charge in [-0.05, 0) is 33.6 Å². The molecule has 0 fully saturated rings. The Hall–Kier alpha value is -0.693. The van der Waals surface area contributed by atoms with Gasteiger partial charge in [-0.3, -0.25) is 0 Å². The Balaban J connectivity index is 4.24. The molecule has 0 aliphatic rings. The van der Waals surface area contributed by atoms with Crippen LogP contribution in [0.2, 0.25) is 6.04 Å². The number of hydrogen-bond acceptors (Lipinski definition) is 4. The summed E-state index contributed by atoms with van der Waals surface area (Å²) in [5.41, 5.74) is 0. The van der Waals surface area contributed by atoms with Gasteiger partial charge in [-0.2, -0.15) is 0 Å². The summed E-state index contributed by atoms with van der Waals surface area (Å²) in [7, 11) is -2.57. The third-order valence-corrected chi connectivity index (χ3v) is 5.35. The lowest BCUT2D eigenvalue weighted by molar-refractivity contribution is -0.137. The van der Waals surface area contributed by atoms with Crippen molar-refractivity contribution in [3.63, 3.8) is 0 Å². The van der Waals surface area contributed by atoms with Crippen LogP contribution in [0.25, 0.3) is 0 Å². The molecule has 0 aromatic carbocycles. The van der Waals surface area contributed by atoms with E-state index in [1.807, 2.05) is 20.8 Å². The SMILES string of the molecule is CCO[Si](CCCC=CC([O])=O)(OCC)OCC. The lowest BCUT2D eigenvalue weighted by atomic mass is 10.3. The third-order valence-electron chi connectivity index (χ3n) is 2.20. The Morgan fingerprint density at radius 1 is 1.06 bits per heavy atom. The van der Waals surface area contributed by atoms with Crippen LogP contribution in [-0.2, 0) is 23.2 Å². The van der Waals surface area contributed by atoms with E-state index < -0.39 is 14.8 Å². The predicted molar refractivity (Wildman–Crippen MR) is 69.5 cm³/mol. The Morgan fingerprint density at radius 2 is 1.56 bits per heavy atom. The molecule has 0 aromatic rings. The van der Waals surface area contributed by atoms with Crippen LogP contribution in [0.5, 0.6) is 0 Å². The molecule has 18 heavy (non-hydrogen) atoms. The summed E-state index contributed by atoms with van der Waals surface area (Å²) in [5, 5.41) is 10.2. The molecule has 1 radical (unpaired) electrons. The van der Waals surface area contributed by atoms with Gasteiger partial charge in [-0.15, -0.1) is 0 Å². The van der Waals surface area contributed by atoms with Crippen LogP contribution in [0.1, 0.15) is 33.6 Å². The van der Waals surface area contributed by atoms with E-state index in [2.05, 4.69) is 0 Å². The highest BCUT2D eigenvalue weighted by molar-refractivity contribution is 6.60. The molecule has 105 valence electrons. The van der Waals surface area contributed by atoms with E-state index in [1.54, 1.807) is 6.08 Å². The minimum atomic E-state index is -2.57. The van der Waals surface area contributed by atoms with Crippen LogP contribution in [0.3, 0.4) is 0 Å². The summed E-state index contributed by atoms with van der Waals surface area (Å²) >= 11 is 0. The molecule has 0 heterocycles. The molecule has 0 rings (SSSR count). The van der Waals surface area contributed by atoms with Gasteiger partial charge >= 0.3 is 14.8 Å². The second-order valence-corrected chi connectivity index (χ2v) is 6.33. The molecule has 0 amide bonds. The minimum absolute atomic E-state index is 0.557. The topological polar surface area (TPSA) is 64.7 Å². The zero-order chi connectivity index (χ0) is 13.9. The maximum atomic E-state index is 10.2. The van der Waals surface area contributed by atoms with Crippen molar-refractivity contribution >= 4 is 14.8 Å². The molecule has 0 aliphatic heterocycles. The first-order chi connectivity index (χ1) is 8.60. The van der Waals surface area contributed by atoms with E-state index in [9.17, 15) is 9.90 Å². The highest BCUT2D eigenvalue weighted by Gasteiger charge is 2.39. The summed E-state index contributed by atoms with van der Waals surface area (Å²) in [4.78, 5) is 10.2. The van der Waals surface area contributed by atoms with Crippen molar-refractivity contribution in [3.8, 4) is 0 Å². The predicted octanol–water partition coefficient (Wildman–Crippen LogP) is 2.33. The zero-order valence-electron chi connectivity index (χ0n) is 11.4. The van der Waals surface area contributed by atoms with Gasteiger partial charge in [0.25, 0.3) is 0 Å². The fraction of sp³-hybridized carbons (Fsp3) is 0.750. The number of carbonyl (C=O) groups excluding carboxylic acids is 1. The Kier molecular flexibility index (Phi) is 9.86. The van der Waals surface area contributed by atoms with Gasteiger partial charge in [-0.1, -0.05) is 6.08 Å². The molecular weight excluding hydrogens is 252 g/mol. The molecule has 0 N–H and O–H groups in total. The van der Waals surface area contributed by atoms with Crippen molar-refractivity contribution in [3.05, 3.63) is 12.2 Å². The van der Waals surface area contributed by atoms with Gasteiger partial charge in [0.15, 0.2) is 0 Å². The molecule has 0 bridgehead atoms.